The van der Waals surface area contributed by atoms with Gasteiger partial charge >= 0.3 is 12.1 Å². The molecule has 2 aromatic rings. The van der Waals surface area contributed by atoms with E-state index in [0.29, 0.717) is 23.5 Å². The number of carbonyl (C=O) groups excluding carboxylic acids is 3. The summed E-state index contributed by atoms with van der Waals surface area (Å²) < 4.78 is 5.01. The summed E-state index contributed by atoms with van der Waals surface area (Å²) in [5.74, 6) is -1.94. The number of aliphatic hydroxyl groups is 1. The molecule has 0 saturated carbocycles. The second kappa shape index (κ2) is 14.2. The SMILES string of the molecule is CCOC(=O)N1CCN(C(=O)[C@H](CCC(=O)O)NC(=O)c2cc(CC(C)CO)nc(-c3ccccc3)n2)CC1. The maximum atomic E-state index is 13.4. The van der Waals surface area contributed by atoms with Crippen molar-refractivity contribution in [3.63, 3.8) is 0 Å². The molecule has 2 atom stereocenters. The molecule has 1 aromatic carbocycles. The Morgan fingerprint density at radius 3 is 2.33 bits per heavy atom. The van der Waals surface area contributed by atoms with Gasteiger partial charge in [-0.25, -0.2) is 14.8 Å². The van der Waals surface area contributed by atoms with Crippen molar-refractivity contribution in [1.29, 1.82) is 0 Å². The van der Waals surface area contributed by atoms with E-state index in [1.807, 2.05) is 37.3 Å². The van der Waals surface area contributed by atoms with Crippen LogP contribution in [0.2, 0.25) is 0 Å². The molecule has 0 radical (unpaired) electrons. The van der Waals surface area contributed by atoms with E-state index in [-0.39, 0.29) is 63.8 Å². The van der Waals surface area contributed by atoms with Gasteiger partial charge in [0.1, 0.15) is 11.7 Å². The van der Waals surface area contributed by atoms with E-state index in [1.54, 1.807) is 6.92 Å². The van der Waals surface area contributed by atoms with Gasteiger partial charge in [-0.15, -0.1) is 0 Å². The van der Waals surface area contributed by atoms with Gasteiger partial charge in [-0.05, 0) is 31.7 Å². The van der Waals surface area contributed by atoms with Crippen LogP contribution in [0.15, 0.2) is 36.4 Å². The van der Waals surface area contributed by atoms with Crippen molar-refractivity contribution >= 4 is 23.9 Å². The molecule has 39 heavy (non-hydrogen) atoms. The van der Waals surface area contributed by atoms with Crippen molar-refractivity contribution in [1.82, 2.24) is 25.1 Å². The van der Waals surface area contributed by atoms with E-state index in [0.717, 1.165) is 0 Å². The fraction of sp³-hybridized carbons (Fsp3) is 0.481. The van der Waals surface area contributed by atoms with Gasteiger partial charge in [0.2, 0.25) is 5.91 Å². The average Bonchev–Trinajstić information content (AvgIpc) is 2.95. The number of nitrogens with one attached hydrogen (secondary N) is 1. The van der Waals surface area contributed by atoms with E-state index >= 15 is 0 Å². The second-order valence-electron chi connectivity index (χ2n) is 9.40. The molecule has 12 heteroatoms. The number of carbonyl (C=O) groups is 4. The predicted molar refractivity (Wildman–Crippen MR) is 141 cm³/mol. The predicted octanol–water partition coefficient (Wildman–Crippen LogP) is 1.58. The van der Waals surface area contributed by atoms with Crippen molar-refractivity contribution in [3.8, 4) is 11.4 Å². The molecule has 1 aliphatic rings. The molecule has 3 amide bonds. The minimum atomic E-state index is -1.10. The van der Waals surface area contributed by atoms with Gasteiger partial charge in [-0.1, -0.05) is 37.3 Å². The third-order valence-corrected chi connectivity index (χ3v) is 6.28. The van der Waals surface area contributed by atoms with E-state index in [1.165, 1.54) is 15.9 Å². The average molecular weight is 542 g/mol. The van der Waals surface area contributed by atoms with Gasteiger partial charge in [-0.2, -0.15) is 0 Å². The first-order valence-electron chi connectivity index (χ1n) is 13.0. The molecule has 1 aromatic heterocycles. The van der Waals surface area contributed by atoms with Crippen LogP contribution in [-0.4, -0.2) is 99.3 Å². The van der Waals surface area contributed by atoms with Crippen molar-refractivity contribution in [2.45, 2.75) is 39.2 Å². The fourth-order valence-corrected chi connectivity index (χ4v) is 4.16. The number of ether oxygens (including phenoxy) is 1. The zero-order chi connectivity index (χ0) is 28.4. The standard InChI is InChI=1S/C27H35N5O7/c1-3-39-27(38)32-13-11-31(12-14-32)26(37)21(9-10-23(34)35)30-25(36)22-16-20(15-18(2)17-33)28-24(29-22)19-7-5-4-6-8-19/h4-8,16,18,21,33H,3,9-15,17H2,1-2H3,(H,30,36)(H,34,35)/t18?,21-/m0/s1. The first kappa shape index (κ1) is 29.5. The molecular formula is C27H35N5O7. The number of carboxylic acids is 1. The van der Waals surface area contributed by atoms with Crippen LogP contribution in [0.5, 0.6) is 0 Å². The number of aromatic nitrogens is 2. The smallest absolute Gasteiger partial charge is 0.409 e. The highest BCUT2D eigenvalue weighted by Crippen LogP contribution is 2.18. The Kier molecular flexibility index (Phi) is 10.7. The molecule has 1 fully saturated rings. The summed E-state index contributed by atoms with van der Waals surface area (Å²) in [5, 5.41) is 21.4. The zero-order valence-corrected chi connectivity index (χ0v) is 22.2. The number of hydrogen-bond acceptors (Lipinski definition) is 8. The van der Waals surface area contributed by atoms with Crippen molar-refractivity contribution in [2.75, 3.05) is 39.4 Å². The van der Waals surface area contributed by atoms with Crippen LogP contribution in [0.1, 0.15) is 42.9 Å². The number of piperazine rings is 1. The Morgan fingerprint density at radius 1 is 1.05 bits per heavy atom. The third kappa shape index (κ3) is 8.47. The monoisotopic (exact) mass is 541 g/mol. The Labute approximate surface area is 227 Å². The van der Waals surface area contributed by atoms with E-state index < -0.39 is 29.9 Å². The number of aliphatic carboxylic acids is 1. The highest BCUT2D eigenvalue weighted by Gasteiger charge is 2.31. The Hall–Kier alpha value is -4.06. The van der Waals surface area contributed by atoms with E-state index in [2.05, 4.69) is 15.3 Å². The molecule has 3 N–H and O–H groups in total. The maximum absolute atomic E-state index is 13.4. The normalized spacial score (nSPS) is 14.8. The van der Waals surface area contributed by atoms with Crippen LogP contribution in [0.3, 0.4) is 0 Å². The van der Waals surface area contributed by atoms with Crippen LogP contribution < -0.4 is 5.32 Å². The van der Waals surface area contributed by atoms with Gasteiger partial charge in [0.25, 0.3) is 5.91 Å². The second-order valence-corrected chi connectivity index (χ2v) is 9.40. The molecule has 1 saturated heterocycles. The van der Waals surface area contributed by atoms with Crippen molar-refractivity contribution in [2.24, 2.45) is 5.92 Å². The summed E-state index contributed by atoms with van der Waals surface area (Å²) in [4.78, 5) is 61.9. The summed E-state index contributed by atoms with van der Waals surface area (Å²) in [6.45, 7) is 4.75. The Balaban J connectivity index is 1.81. The topological polar surface area (TPSA) is 162 Å². The van der Waals surface area contributed by atoms with Gasteiger partial charge in [0.05, 0.1) is 6.61 Å². The summed E-state index contributed by atoms with van der Waals surface area (Å²) in [6, 6.07) is 9.53. The molecular weight excluding hydrogens is 506 g/mol. The van der Waals surface area contributed by atoms with Gasteiger partial charge in [-0.3, -0.25) is 14.4 Å². The lowest BCUT2D eigenvalue weighted by molar-refractivity contribution is -0.138. The summed E-state index contributed by atoms with van der Waals surface area (Å²) in [5.41, 5.74) is 1.28. The van der Waals surface area contributed by atoms with Gasteiger partial charge < -0.3 is 30.1 Å². The number of amides is 3. The fourth-order valence-electron chi connectivity index (χ4n) is 4.16. The molecule has 1 unspecified atom stereocenters. The third-order valence-electron chi connectivity index (χ3n) is 6.28. The molecule has 210 valence electrons. The molecule has 1 aliphatic heterocycles. The largest absolute Gasteiger partial charge is 0.481 e. The maximum Gasteiger partial charge on any atom is 0.409 e. The lowest BCUT2D eigenvalue weighted by Crippen LogP contribution is -2.56. The number of rotatable bonds is 11. The Bertz CT molecular complexity index is 1150. The molecule has 0 spiro atoms. The number of nitrogens with zero attached hydrogens (tertiary/aromatic N) is 4. The van der Waals surface area contributed by atoms with Crippen LogP contribution in [0.4, 0.5) is 4.79 Å². The number of benzene rings is 1. The lowest BCUT2D eigenvalue weighted by atomic mass is 10.1. The van der Waals surface area contributed by atoms with Crippen molar-refractivity contribution < 1.29 is 34.1 Å². The number of hydrogen-bond donors (Lipinski definition) is 3. The zero-order valence-electron chi connectivity index (χ0n) is 22.2. The minimum Gasteiger partial charge on any atom is -0.481 e. The molecule has 0 aliphatic carbocycles. The minimum absolute atomic E-state index is 0.0317. The Morgan fingerprint density at radius 2 is 1.72 bits per heavy atom. The van der Waals surface area contributed by atoms with Crippen LogP contribution in [0, 0.1) is 5.92 Å². The van der Waals surface area contributed by atoms with Gasteiger partial charge in [0.15, 0.2) is 5.82 Å². The molecule has 12 nitrogen and oxygen atoms in total. The van der Waals surface area contributed by atoms with Crippen molar-refractivity contribution in [3.05, 3.63) is 47.8 Å². The molecule has 2 heterocycles. The lowest BCUT2D eigenvalue weighted by Gasteiger charge is -2.35. The quantitative estimate of drug-likeness (QED) is 0.383. The summed E-state index contributed by atoms with van der Waals surface area (Å²) in [7, 11) is 0. The number of aliphatic hydroxyl groups excluding tert-OH is 1. The van der Waals surface area contributed by atoms with Crippen LogP contribution >= 0.6 is 0 Å². The van der Waals surface area contributed by atoms with E-state index in [4.69, 9.17) is 4.74 Å². The summed E-state index contributed by atoms with van der Waals surface area (Å²) in [6.07, 6.45) is -0.476. The highest BCUT2D eigenvalue weighted by molar-refractivity contribution is 5.96. The van der Waals surface area contributed by atoms with Gasteiger partial charge in [0, 0.05) is 50.5 Å². The number of carboxylic acid groups (broad SMARTS) is 1. The first-order valence-corrected chi connectivity index (χ1v) is 13.0. The van der Waals surface area contributed by atoms with Crippen LogP contribution in [0.25, 0.3) is 11.4 Å². The molecule has 0 bridgehead atoms. The van der Waals surface area contributed by atoms with Crippen LogP contribution in [-0.2, 0) is 20.7 Å². The summed E-state index contributed by atoms with van der Waals surface area (Å²) >= 11 is 0. The first-order chi connectivity index (χ1) is 18.7. The molecule has 3 rings (SSSR count). The van der Waals surface area contributed by atoms with E-state index in [9.17, 15) is 29.4 Å². The highest BCUT2D eigenvalue weighted by atomic mass is 16.6.